The summed E-state index contributed by atoms with van der Waals surface area (Å²) >= 11 is 0. The smallest absolute Gasteiger partial charge is 0.328 e. The largest absolute Gasteiger partial charge is 0.490 e. The summed E-state index contributed by atoms with van der Waals surface area (Å²) in [5, 5.41) is 16.3. The third-order valence-corrected chi connectivity index (χ3v) is 3.99. The molecule has 0 unspecified atom stereocenters. The van der Waals surface area contributed by atoms with E-state index in [1.54, 1.807) is 19.9 Å². The van der Waals surface area contributed by atoms with Crippen LogP contribution in [0, 0.1) is 16.0 Å². The molecule has 1 rings (SSSR count). The summed E-state index contributed by atoms with van der Waals surface area (Å²) < 4.78 is 9.68. The third kappa shape index (κ3) is 6.22. The van der Waals surface area contributed by atoms with E-state index in [1.807, 2.05) is 0 Å². The van der Waals surface area contributed by atoms with Crippen molar-refractivity contribution in [2.24, 2.45) is 5.92 Å². The molecule has 0 aliphatic carbocycles. The van der Waals surface area contributed by atoms with Crippen molar-refractivity contribution < 1.29 is 28.8 Å². The van der Waals surface area contributed by atoms with E-state index in [9.17, 15) is 24.5 Å². The number of nitrogens with zero attached hydrogens (tertiary/aromatic N) is 1. The Labute approximate surface area is 162 Å². The van der Waals surface area contributed by atoms with Crippen LogP contribution >= 0.6 is 0 Å². The molecule has 2 N–H and O–H groups in total. The maximum Gasteiger partial charge on any atom is 0.328 e. The number of rotatable bonds is 9. The molecule has 1 aromatic rings. The molecule has 28 heavy (non-hydrogen) atoms. The monoisotopic (exact) mass is 395 g/mol. The topological polar surface area (TPSA) is 137 Å². The van der Waals surface area contributed by atoms with Gasteiger partial charge < -0.3 is 20.1 Å². The predicted molar refractivity (Wildman–Crippen MR) is 99.7 cm³/mol. The Morgan fingerprint density at radius 3 is 2.29 bits per heavy atom. The molecule has 154 valence electrons. The van der Waals surface area contributed by atoms with Crippen molar-refractivity contribution in [3.05, 3.63) is 33.9 Å². The molecule has 0 bridgehead atoms. The van der Waals surface area contributed by atoms with Gasteiger partial charge in [0.1, 0.15) is 12.1 Å². The van der Waals surface area contributed by atoms with Crippen molar-refractivity contribution in [1.82, 2.24) is 10.6 Å². The van der Waals surface area contributed by atoms with Gasteiger partial charge in [-0.3, -0.25) is 19.7 Å². The van der Waals surface area contributed by atoms with Crippen molar-refractivity contribution >= 4 is 23.5 Å². The van der Waals surface area contributed by atoms with E-state index in [1.165, 1.54) is 33.3 Å². The van der Waals surface area contributed by atoms with Crippen LogP contribution in [0.3, 0.4) is 0 Å². The van der Waals surface area contributed by atoms with E-state index in [4.69, 9.17) is 9.47 Å². The molecule has 0 saturated carbocycles. The minimum absolute atomic E-state index is 0.0336. The predicted octanol–water partition coefficient (Wildman–Crippen LogP) is 0.964. The normalized spacial score (nSPS) is 12.6. The number of carbonyl (C=O) groups excluding carboxylic acids is 3. The molecule has 0 spiro atoms. The van der Waals surface area contributed by atoms with Crippen LogP contribution < -0.4 is 15.4 Å². The van der Waals surface area contributed by atoms with Gasteiger partial charge >= 0.3 is 11.7 Å². The molecular weight excluding hydrogens is 370 g/mol. The van der Waals surface area contributed by atoms with Crippen molar-refractivity contribution in [2.75, 3.05) is 14.2 Å². The Bertz CT molecular complexity index is 749. The lowest BCUT2D eigenvalue weighted by Gasteiger charge is -2.24. The Morgan fingerprint density at radius 1 is 1.18 bits per heavy atom. The first-order chi connectivity index (χ1) is 13.1. The minimum atomic E-state index is -1.08. The van der Waals surface area contributed by atoms with E-state index in [2.05, 4.69) is 10.6 Å². The maximum atomic E-state index is 12.6. The maximum absolute atomic E-state index is 12.6. The van der Waals surface area contributed by atoms with Gasteiger partial charge in [0.25, 0.3) is 0 Å². The van der Waals surface area contributed by atoms with E-state index in [-0.39, 0.29) is 29.7 Å². The van der Waals surface area contributed by atoms with Crippen LogP contribution in [0.25, 0.3) is 0 Å². The Balaban J connectivity index is 3.08. The first-order valence-electron chi connectivity index (χ1n) is 8.57. The lowest BCUT2D eigenvalue weighted by molar-refractivity contribution is -0.385. The molecule has 0 aromatic heterocycles. The molecule has 1 aromatic carbocycles. The van der Waals surface area contributed by atoms with Crippen LogP contribution in [0.2, 0.25) is 0 Å². The molecule has 2 amide bonds. The number of benzene rings is 1. The van der Waals surface area contributed by atoms with Crippen molar-refractivity contribution in [2.45, 2.75) is 39.3 Å². The van der Waals surface area contributed by atoms with Crippen molar-refractivity contribution in [3.63, 3.8) is 0 Å². The Hall–Kier alpha value is -3.17. The highest BCUT2D eigenvalue weighted by Crippen LogP contribution is 2.28. The summed E-state index contributed by atoms with van der Waals surface area (Å²) in [6.07, 6.45) is -0.0336. The van der Waals surface area contributed by atoms with E-state index in [0.29, 0.717) is 5.56 Å². The number of amides is 2. The van der Waals surface area contributed by atoms with E-state index < -0.39 is 28.9 Å². The summed E-state index contributed by atoms with van der Waals surface area (Å²) in [5.41, 5.74) is 0.178. The van der Waals surface area contributed by atoms with Crippen molar-refractivity contribution in [3.8, 4) is 5.75 Å². The second-order valence-corrected chi connectivity index (χ2v) is 6.47. The standard InChI is InChI=1S/C18H25N3O7/c1-10(2)16(19-11(3)22)17(23)20-13(18(24)28-5)8-12-6-7-15(27-4)14(9-12)21(25)26/h6-7,9-10,13,16H,8H2,1-5H3,(H,19,22)(H,20,23)/t13-,16+/m0/s1. The van der Waals surface area contributed by atoms with Crippen LogP contribution in [0.15, 0.2) is 18.2 Å². The average Bonchev–Trinajstić information content (AvgIpc) is 2.64. The number of nitro groups is 1. The Kier molecular flexibility index (Phi) is 8.36. The summed E-state index contributed by atoms with van der Waals surface area (Å²) in [6.45, 7) is 4.79. The van der Waals surface area contributed by atoms with Gasteiger partial charge in [-0.15, -0.1) is 0 Å². The number of hydrogen-bond acceptors (Lipinski definition) is 7. The van der Waals surface area contributed by atoms with Crippen LogP contribution in [0.4, 0.5) is 5.69 Å². The SMILES string of the molecule is COC(=O)[C@H](Cc1ccc(OC)c([N+](=O)[O-])c1)NC(=O)[C@H](NC(C)=O)C(C)C. The fraction of sp³-hybridized carbons (Fsp3) is 0.500. The van der Waals surface area contributed by atoms with Gasteiger partial charge in [-0.2, -0.15) is 0 Å². The van der Waals surface area contributed by atoms with Crippen LogP contribution in [0.5, 0.6) is 5.75 Å². The zero-order valence-electron chi connectivity index (χ0n) is 16.5. The van der Waals surface area contributed by atoms with Gasteiger partial charge in [-0.1, -0.05) is 19.9 Å². The third-order valence-electron chi connectivity index (χ3n) is 3.99. The number of ether oxygens (including phenoxy) is 2. The number of nitro benzene ring substituents is 1. The number of esters is 1. The first kappa shape index (κ1) is 22.9. The van der Waals surface area contributed by atoms with E-state index >= 15 is 0 Å². The number of hydrogen-bond donors (Lipinski definition) is 2. The molecule has 2 atom stereocenters. The Morgan fingerprint density at radius 2 is 1.82 bits per heavy atom. The molecule has 0 saturated heterocycles. The van der Waals surface area contributed by atoms with Gasteiger partial charge in [-0.25, -0.2) is 4.79 Å². The fourth-order valence-electron chi connectivity index (χ4n) is 2.59. The number of carbonyl (C=O) groups is 3. The van der Waals surface area contributed by atoms with Gasteiger partial charge in [0.2, 0.25) is 11.8 Å². The van der Waals surface area contributed by atoms with Gasteiger partial charge in [0, 0.05) is 19.4 Å². The number of nitrogens with one attached hydrogen (secondary N) is 2. The van der Waals surface area contributed by atoms with Gasteiger partial charge in [0.05, 0.1) is 19.1 Å². The molecular formula is C18H25N3O7. The van der Waals surface area contributed by atoms with Crippen LogP contribution in [-0.2, 0) is 25.5 Å². The molecule has 10 nitrogen and oxygen atoms in total. The van der Waals surface area contributed by atoms with Gasteiger partial charge in [-0.05, 0) is 17.5 Å². The molecule has 0 heterocycles. The first-order valence-corrected chi connectivity index (χ1v) is 8.57. The summed E-state index contributed by atoms with van der Waals surface area (Å²) in [7, 11) is 2.49. The van der Waals surface area contributed by atoms with E-state index in [0.717, 1.165) is 0 Å². The highest BCUT2D eigenvalue weighted by atomic mass is 16.6. The van der Waals surface area contributed by atoms with Crippen LogP contribution in [-0.4, -0.2) is 49.0 Å². The molecule has 0 radical (unpaired) electrons. The lowest BCUT2D eigenvalue weighted by atomic mass is 10.0. The zero-order chi connectivity index (χ0) is 21.4. The lowest BCUT2D eigenvalue weighted by Crippen LogP contribution is -2.54. The van der Waals surface area contributed by atoms with Crippen molar-refractivity contribution in [1.29, 1.82) is 0 Å². The van der Waals surface area contributed by atoms with Crippen LogP contribution in [0.1, 0.15) is 26.3 Å². The zero-order valence-corrected chi connectivity index (χ0v) is 16.5. The molecule has 10 heteroatoms. The summed E-state index contributed by atoms with van der Waals surface area (Å²) in [4.78, 5) is 46.6. The quantitative estimate of drug-likeness (QED) is 0.361. The highest BCUT2D eigenvalue weighted by molar-refractivity contribution is 5.90. The van der Waals surface area contributed by atoms with Gasteiger partial charge in [0.15, 0.2) is 5.75 Å². The summed E-state index contributed by atoms with van der Waals surface area (Å²) in [6, 6.07) is 2.32. The number of methoxy groups -OCH3 is 2. The fourth-order valence-corrected chi connectivity index (χ4v) is 2.59. The second kappa shape index (κ2) is 10.2. The molecule has 0 fully saturated rings. The molecule has 0 aliphatic heterocycles. The highest BCUT2D eigenvalue weighted by Gasteiger charge is 2.29. The molecule has 0 aliphatic rings. The second-order valence-electron chi connectivity index (χ2n) is 6.47. The average molecular weight is 395 g/mol. The minimum Gasteiger partial charge on any atom is -0.490 e. The summed E-state index contributed by atoms with van der Waals surface area (Å²) in [5.74, 6) is -1.78.